The minimum absolute atomic E-state index is 0.0281. The van der Waals surface area contributed by atoms with E-state index in [1.165, 1.54) is 11.9 Å². The molecule has 6 nitrogen and oxygen atoms in total. The van der Waals surface area contributed by atoms with Crippen LogP contribution in [0.15, 0.2) is 42.5 Å². The number of aliphatic hydroxyl groups excluding tert-OH is 1. The number of hydrogen-bond donors (Lipinski definition) is 1. The van der Waals surface area contributed by atoms with Crippen LogP contribution in [0.3, 0.4) is 0 Å². The van der Waals surface area contributed by atoms with E-state index in [-0.39, 0.29) is 12.3 Å². The Kier molecular flexibility index (Phi) is 5.71. The summed E-state index contributed by atoms with van der Waals surface area (Å²) in [5.41, 5.74) is -1.17. The summed E-state index contributed by atoms with van der Waals surface area (Å²) in [6.45, 7) is 1.53. The summed E-state index contributed by atoms with van der Waals surface area (Å²) >= 11 is 0. The number of aliphatic hydroxyl groups is 1. The van der Waals surface area contributed by atoms with Crippen molar-refractivity contribution in [2.24, 2.45) is 0 Å². The van der Waals surface area contributed by atoms with Crippen LogP contribution in [-0.2, 0) is 6.18 Å². The van der Waals surface area contributed by atoms with E-state index in [9.17, 15) is 23.3 Å². The van der Waals surface area contributed by atoms with Gasteiger partial charge < -0.3 is 14.7 Å². The minimum atomic E-state index is -4.66. The molecule has 1 N–H and O–H groups in total. The van der Waals surface area contributed by atoms with Crippen molar-refractivity contribution in [1.82, 2.24) is 0 Å². The Morgan fingerprint density at radius 1 is 1.23 bits per heavy atom. The first-order valence-electron chi connectivity index (χ1n) is 7.60. The summed E-state index contributed by atoms with van der Waals surface area (Å²) in [5, 5.41) is 20.2. The van der Waals surface area contributed by atoms with Gasteiger partial charge >= 0.3 is 6.18 Å². The van der Waals surface area contributed by atoms with E-state index in [0.29, 0.717) is 17.5 Å². The van der Waals surface area contributed by atoms with Gasteiger partial charge in [0, 0.05) is 18.8 Å². The summed E-state index contributed by atoms with van der Waals surface area (Å²) < 4.78 is 43.8. The molecule has 0 saturated carbocycles. The van der Waals surface area contributed by atoms with E-state index in [0.717, 1.165) is 12.1 Å². The van der Waals surface area contributed by atoms with E-state index in [1.807, 2.05) is 0 Å². The average Bonchev–Trinajstić information content (AvgIpc) is 2.60. The fourth-order valence-electron chi connectivity index (χ4n) is 2.29. The molecule has 0 amide bonds. The maximum Gasteiger partial charge on any atom is 0.416 e. The van der Waals surface area contributed by atoms with Crippen LogP contribution in [0.5, 0.6) is 5.75 Å². The lowest BCUT2D eigenvalue weighted by atomic mass is 10.1. The zero-order valence-corrected chi connectivity index (χ0v) is 14.0. The number of anilines is 2. The molecule has 2 rings (SSSR count). The van der Waals surface area contributed by atoms with Gasteiger partial charge in [-0.1, -0.05) is 0 Å². The summed E-state index contributed by atoms with van der Waals surface area (Å²) in [5.74, 6) is 0.491. The highest BCUT2D eigenvalue weighted by molar-refractivity contribution is 5.72. The molecular weight excluding hydrogens is 353 g/mol. The third-order valence-corrected chi connectivity index (χ3v) is 3.68. The Morgan fingerprint density at radius 3 is 2.35 bits per heavy atom. The third-order valence-electron chi connectivity index (χ3n) is 3.68. The predicted molar refractivity (Wildman–Crippen MR) is 89.8 cm³/mol. The third kappa shape index (κ3) is 4.42. The molecule has 9 heteroatoms. The number of alkyl halides is 3. The molecule has 0 spiro atoms. The molecular formula is C17H17F3N2O4. The predicted octanol–water partition coefficient (Wildman–Crippen LogP) is 4.14. The number of halogens is 3. The zero-order chi connectivity index (χ0) is 19.5. The highest BCUT2D eigenvalue weighted by Gasteiger charge is 2.33. The molecule has 0 aliphatic heterocycles. The molecule has 1 atom stereocenters. The largest absolute Gasteiger partial charge is 0.488 e. The van der Waals surface area contributed by atoms with E-state index in [4.69, 9.17) is 9.84 Å². The standard InChI is InChI=1S/C17H17F3N2O4/c1-11(10-23)26-14-6-4-13(5-7-14)21(2)15-8-3-12(17(18,19)20)9-16(15)22(24)25/h3-9,11,23H,10H2,1-2H3. The molecule has 0 fully saturated rings. The average molecular weight is 370 g/mol. The number of benzene rings is 2. The van der Waals surface area contributed by atoms with Gasteiger partial charge in [-0.2, -0.15) is 13.2 Å². The number of ether oxygens (including phenoxy) is 1. The van der Waals surface area contributed by atoms with Crippen LogP contribution in [0, 0.1) is 10.1 Å². The van der Waals surface area contributed by atoms with Gasteiger partial charge in [0.25, 0.3) is 5.69 Å². The number of nitro benzene ring substituents is 1. The van der Waals surface area contributed by atoms with Crippen LogP contribution in [0.4, 0.5) is 30.2 Å². The Morgan fingerprint density at radius 2 is 1.85 bits per heavy atom. The number of nitrogens with zero attached hydrogens (tertiary/aromatic N) is 2. The van der Waals surface area contributed by atoms with Crippen molar-refractivity contribution in [3.8, 4) is 5.75 Å². The first-order valence-corrected chi connectivity index (χ1v) is 7.60. The maximum atomic E-state index is 12.8. The van der Waals surface area contributed by atoms with Crippen molar-refractivity contribution in [2.45, 2.75) is 19.2 Å². The molecule has 0 bridgehead atoms. The summed E-state index contributed by atoms with van der Waals surface area (Å²) in [6, 6.07) is 8.83. The Bertz CT molecular complexity index is 779. The van der Waals surface area contributed by atoms with Crippen molar-refractivity contribution < 1.29 is 27.9 Å². The molecule has 0 aliphatic rings. The van der Waals surface area contributed by atoms with Crippen molar-refractivity contribution >= 4 is 17.1 Å². The lowest BCUT2D eigenvalue weighted by Crippen LogP contribution is -2.16. The van der Waals surface area contributed by atoms with Crippen LogP contribution in [0.25, 0.3) is 0 Å². The highest BCUT2D eigenvalue weighted by Crippen LogP contribution is 2.38. The smallest absolute Gasteiger partial charge is 0.416 e. The van der Waals surface area contributed by atoms with Gasteiger partial charge in [-0.3, -0.25) is 10.1 Å². The first kappa shape index (κ1) is 19.5. The molecule has 0 saturated heterocycles. The number of hydrogen-bond acceptors (Lipinski definition) is 5. The second kappa shape index (κ2) is 7.61. The topological polar surface area (TPSA) is 75.8 Å². The van der Waals surface area contributed by atoms with Gasteiger partial charge in [-0.25, -0.2) is 0 Å². The Labute approximate surface area is 147 Å². The quantitative estimate of drug-likeness (QED) is 0.611. The number of nitro groups is 1. The molecule has 0 aromatic heterocycles. The first-order chi connectivity index (χ1) is 12.1. The zero-order valence-electron chi connectivity index (χ0n) is 14.0. The van der Waals surface area contributed by atoms with Crippen LogP contribution in [0.2, 0.25) is 0 Å². The summed E-state index contributed by atoms with van der Waals surface area (Å²) in [4.78, 5) is 11.8. The van der Waals surface area contributed by atoms with Gasteiger partial charge in [0.2, 0.25) is 0 Å². The molecule has 2 aromatic rings. The maximum absolute atomic E-state index is 12.8. The van der Waals surface area contributed by atoms with Crippen LogP contribution >= 0.6 is 0 Å². The molecule has 1 unspecified atom stereocenters. The molecule has 26 heavy (non-hydrogen) atoms. The number of rotatable bonds is 6. The fraction of sp³-hybridized carbons (Fsp3) is 0.294. The highest BCUT2D eigenvalue weighted by atomic mass is 19.4. The molecule has 0 heterocycles. The molecule has 2 aromatic carbocycles. The van der Waals surface area contributed by atoms with Crippen LogP contribution in [-0.4, -0.2) is 29.8 Å². The molecule has 140 valence electrons. The second-order valence-corrected chi connectivity index (χ2v) is 5.62. The van der Waals surface area contributed by atoms with Gasteiger partial charge in [0.1, 0.15) is 17.5 Å². The van der Waals surface area contributed by atoms with Crippen molar-refractivity contribution in [2.75, 3.05) is 18.6 Å². The van der Waals surface area contributed by atoms with Crippen molar-refractivity contribution in [3.63, 3.8) is 0 Å². The van der Waals surface area contributed by atoms with Gasteiger partial charge in [0.15, 0.2) is 0 Å². The van der Waals surface area contributed by atoms with Crippen molar-refractivity contribution in [3.05, 3.63) is 58.1 Å². The van der Waals surface area contributed by atoms with Crippen LogP contribution in [0.1, 0.15) is 12.5 Å². The van der Waals surface area contributed by atoms with Gasteiger partial charge in [-0.15, -0.1) is 0 Å². The van der Waals surface area contributed by atoms with E-state index < -0.39 is 28.5 Å². The van der Waals surface area contributed by atoms with Crippen LogP contribution < -0.4 is 9.64 Å². The minimum Gasteiger partial charge on any atom is -0.488 e. The molecule has 0 aliphatic carbocycles. The van der Waals surface area contributed by atoms with Gasteiger partial charge in [-0.05, 0) is 43.3 Å². The van der Waals surface area contributed by atoms with E-state index >= 15 is 0 Å². The fourth-order valence-corrected chi connectivity index (χ4v) is 2.29. The Balaban J connectivity index is 2.34. The monoisotopic (exact) mass is 370 g/mol. The summed E-state index contributed by atoms with van der Waals surface area (Å²) in [7, 11) is 1.52. The van der Waals surface area contributed by atoms with Crippen molar-refractivity contribution in [1.29, 1.82) is 0 Å². The van der Waals surface area contributed by atoms with E-state index in [2.05, 4.69) is 0 Å². The van der Waals surface area contributed by atoms with E-state index in [1.54, 1.807) is 31.2 Å². The van der Waals surface area contributed by atoms with Gasteiger partial charge in [0.05, 0.1) is 17.1 Å². The SMILES string of the molecule is CC(CO)Oc1ccc(N(C)c2ccc(C(F)(F)F)cc2[N+](=O)[O-])cc1. The summed E-state index contributed by atoms with van der Waals surface area (Å²) in [6.07, 6.45) is -5.06. The second-order valence-electron chi connectivity index (χ2n) is 5.62. The Hall–Kier alpha value is -2.81. The normalized spacial score (nSPS) is 12.5. The molecule has 0 radical (unpaired) electrons. The lowest BCUT2D eigenvalue weighted by molar-refractivity contribution is -0.384. The lowest BCUT2D eigenvalue weighted by Gasteiger charge is -2.21.